The van der Waals surface area contributed by atoms with Gasteiger partial charge in [0.1, 0.15) is 0 Å². The monoisotopic (exact) mass is 395 g/mol. The molecule has 0 fully saturated rings. The smallest absolute Gasteiger partial charge is 0.258 e. The van der Waals surface area contributed by atoms with Crippen LogP contribution in [0.25, 0.3) is 0 Å². The highest BCUT2D eigenvalue weighted by molar-refractivity contribution is 9.11. The maximum atomic E-state index is 13.6. The summed E-state index contributed by atoms with van der Waals surface area (Å²) in [5, 5.41) is 10.8. The second-order valence-electron chi connectivity index (χ2n) is 3.91. The van der Waals surface area contributed by atoms with Crippen molar-refractivity contribution >= 4 is 48.1 Å². The van der Waals surface area contributed by atoms with Crippen molar-refractivity contribution in [2.24, 2.45) is 0 Å². The number of hydrogen-bond donors (Lipinski definition) is 1. The summed E-state index contributed by atoms with van der Waals surface area (Å²) in [5.41, 5.74) is -1.03. The summed E-state index contributed by atoms with van der Waals surface area (Å²) in [4.78, 5) is 13.2. The molecular formula is C10H7BrFN3O4S2. The molecule has 0 aliphatic carbocycles. The van der Waals surface area contributed by atoms with E-state index in [0.717, 1.165) is 17.4 Å². The van der Waals surface area contributed by atoms with Crippen LogP contribution in [0.2, 0.25) is 0 Å². The van der Waals surface area contributed by atoms with Crippen molar-refractivity contribution < 1.29 is 17.7 Å². The Morgan fingerprint density at radius 1 is 1.48 bits per heavy atom. The molecule has 1 heterocycles. The molecular weight excluding hydrogens is 389 g/mol. The van der Waals surface area contributed by atoms with E-state index in [9.17, 15) is 22.9 Å². The Kier molecular flexibility index (Phi) is 4.25. The van der Waals surface area contributed by atoms with Crippen LogP contribution in [-0.2, 0) is 10.0 Å². The minimum absolute atomic E-state index is 0.0894. The fraction of sp³-hybridized carbons (Fsp3) is 0.100. The molecule has 21 heavy (non-hydrogen) atoms. The lowest BCUT2D eigenvalue weighted by Gasteiger charge is -2.07. The molecule has 0 radical (unpaired) electrons. The van der Waals surface area contributed by atoms with E-state index < -0.39 is 31.3 Å². The first-order valence-electron chi connectivity index (χ1n) is 5.29. The van der Waals surface area contributed by atoms with Crippen LogP contribution >= 0.6 is 27.3 Å². The Bertz CT molecular complexity index is 822. The Morgan fingerprint density at radius 3 is 2.67 bits per heavy atom. The number of nitro benzene ring substituents is 1. The predicted octanol–water partition coefficient (Wildman–Crippen LogP) is 3.06. The number of benzene rings is 1. The largest absolute Gasteiger partial charge is 0.306 e. The number of anilines is 1. The molecule has 0 spiro atoms. The summed E-state index contributed by atoms with van der Waals surface area (Å²) in [6.07, 6.45) is 1.40. The van der Waals surface area contributed by atoms with Gasteiger partial charge in [0, 0.05) is 6.07 Å². The molecule has 2 aromatic rings. The highest BCUT2D eigenvalue weighted by Gasteiger charge is 2.24. The first kappa shape index (κ1) is 15.8. The molecule has 1 aromatic heterocycles. The highest BCUT2D eigenvalue weighted by Crippen LogP contribution is 2.28. The predicted molar refractivity (Wildman–Crippen MR) is 78.4 cm³/mol. The lowest BCUT2D eigenvalue weighted by atomic mass is 10.2. The SMILES string of the molecule is Cc1cc(S(=O)(=O)Nc2ncc(Br)s2)cc([N+](=O)[O-])c1F. The number of nitrogens with zero attached hydrogens (tertiary/aromatic N) is 2. The molecule has 0 bridgehead atoms. The van der Waals surface area contributed by atoms with E-state index in [2.05, 4.69) is 25.6 Å². The van der Waals surface area contributed by atoms with Gasteiger partial charge in [-0.15, -0.1) is 0 Å². The molecule has 0 saturated heterocycles. The average Bonchev–Trinajstić information content (AvgIpc) is 2.76. The minimum Gasteiger partial charge on any atom is -0.258 e. The zero-order valence-corrected chi connectivity index (χ0v) is 13.6. The van der Waals surface area contributed by atoms with E-state index in [-0.39, 0.29) is 10.7 Å². The number of halogens is 2. The van der Waals surface area contributed by atoms with Crippen LogP contribution in [0.15, 0.2) is 27.0 Å². The number of rotatable bonds is 4. The molecule has 1 aromatic carbocycles. The van der Waals surface area contributed by atoms with Crippen molar-refractivity contribution in [3.63, 3.8) is 0 Å². The van der Waals surface area contributed by atoms with Crippen LogP contribution in [0.3, 0.4) is 0 Å². The molecule has 0 aliphatic rings. The standard InChI is InChI=1S/C10H7BrFN3O4S2/c1-5-2-6(3-7(9(5)12)15(16)17)21(18,19)14-10-13-4-8(11)20-10/h2-4H,1H3,(H,13,14). The topological polar surface area (TPSA) is 102 Å². The van der Waals surface area contributed by atoms with Crippen LogP contribution in [0, 0.1) is 22.9 Å². The van der Waals surface area contributed by atoms with Gasteiger partial charge in [0.2, 0.25) is 5.82 Å². The molecule has 0 saturated carbocycles. The second kappa shape index (κ2) is 5.66. The van der Waals surface area contributed by atoms with E-state index in [1.807, 2.05) is 0 Å². The lowest BCUT2D eigenvalue weighted by molar-refractivity contribution is -0.387. The van der Waals surface area contributed by atoms with Gasteiger partial charge in [0.05, 0.1) is 19.8 Å². The van der Waals surface area contributed by atoms with Gasteiger partial charge in [0.25, 0.3) is 10.0 Å². The average molecular weight is 396 g/mol. The third-order valence-electron chi connectivity index (χ3n) is 2.41. The van der Waals surface area contributed by atoms with E-state index in [1.165, 1.54) is 13.1 Å². The van der Waals surface area contributed by atoms with Gasteiger partial charge in [-0.2, -0.15) is 4.39 Å². The van der Waals surface area contributed by atoms with Gasteiger partial charge in [-0.25, -0.2) is 13.4 Å². The minimum atomic E-state index is -4.09. The summed E-state index contributed by atoms with van der Waals surface area (Å²) in [6, 6.07) is 1.70. The summed E-state index contributed by atoms with van der Waals surface area (Å²) in [5.74, 6) is -1.06. The van der Waals surface area contributed by atoms with Gasteiger partial charge >= 0.3 is 5.69 Å². The first-order valence-corrected chi connectivity index (χ1v) is 8.38. The van der Waals surface area contributed by atoms with E-state index in [4.69, 9.17) is 0 Å². The van der Waals surface area contributed by atoms with Gasteiger partial charge in [0.15, 0.2) is 5.13 Å². The van der Waals surface area contributed by atoms with E-state index >= 15 is 0 Å². The van der Waals surface area contributed by atoms with E-state index in [0.29, 0.717) is 9.85 Å². The summed E-state index contributed by atoms with van der Waals surface area (Å²) >= 11 is 4.16. The van der Waals surface area contributed by atoms with Crippen LogP contribution in [0.5, 0.6) is 0 Å². The zero-order chi connectivity index (χ0) is 15.8. The Balaban J connectivity index is 2.47. The van der Waals surface area contributed by atoms with Crippen molar-refractivity contribution in [1.82, 2.24) is 4.98 Å². The molecule has 7 nitrogen and oxygen atoms in total. The third kappa shape index (κ3) is 3.36. The van der Waals surface area contributed by atoms with Crippen LogP contribution < -0.4 is 4.72 Å². The van der Waals surface area contributed by atoms with Crippen molar-refractivity contribution in [3.8, 4) is 0 Å². The van der Waals surface area contributed by atoms with Gasteiger partial charge in [-0.1, -0.05) is 11.3 Å². The zero-order valence-electron chi connectivity index (χ0n) is 10.3. The summed E-state index contributed by atoms with van der Waals surface area (Å²) in [7, 11) is -4.09. The quantitative estimate of drug-likeness (QED) is 0.632. The number of aromatic nitrogens is 1. The van der Waals surface area contributed by atoms with Crippen molar-refractivity contribution in [2.75, 3.05) is 4.72 Å². The van der Waals surface area contributed by atoms with Crippen LogP contribution in [-0.4, -0.2) is 18.3 Å². The van der Waals surface area contributed by atoms with E-state index in [1.54, 1.807) is 0 Å². The lowest BCUT2D eigenvalue weighted by Crippen LogP contribution is -2.13. The maximum absolute atomic E-state index is 13.6. The number of thiazole rings is 1. The number of sulfonamides is 1. The molecule has 112 valence electrons. The number of nitrogens with one attached hydrogen (secondary N) is 1. The van der Waals surface area contributed by atoms with Gasteiger partial charge in [-0.05, 0) is 34.5 Å². The number of nitro groups is 1. The fourth-order valence-electron chi connectivity index (χ4n) is 1.48. The summed E-state index contributed by atoms with van der Waals surface area (Å²) in [6.45, 7) is 1.25. The molecule has 0 aliphatic heterocycles. The van der Waals surface area contributed by atoms with Crippen molar-refractivity contribution in [3.05, 3.63) is 43.6 Å². The molecule has 0 unspecified atom stereocenters. The molecule has 0 amide bonds. The Morgan fingerprint density at radius 2 is 2.14 bits per heavy atom. The maximum Gasteiger partial charge on any atom is 0.306 e. The molecule has 11 heteroatoms. The van der Waals surface area contributed by atoms with Crippen LogP contribution in [0.1, 0.15) is 5.56 Å². The molecule has 2 rings (SSSR count). The molecule has 1 N–H and O–H groups in total. The fourth-order valence-corrected chi connectivity index (χ4v) is 3.93. The van der Waals surface area contributed by atoms with Crippen molar-refractivity contribution in [1.29, 1.82) is 0 Å². The highest BCUT2D eigenvalue weighted by atomic mass is 79.9. The first-order chi connectivity index (χ1) is 9.70. The number of hydrogen-bond acceptors (Lipinski definition) is 6. The Labute approximate surface area is 131 Å². The van der Waals surface area contributed by atoms with Gasteiger partial charge in [-0.3, -0.25) is 14.8 Å². The van der Waals surface area contributed by atoms with Crippen molar-refractivity contribution in [2.45, 2.75) is 11.8 Å². The Hall–Kier alpha value is -1.59. The van der Waals surface area contributed by atoms with Crippen LogP contribution in [0.4, 0.5) is 15.2 Å². The third-order valence-corrected chi connectivity index (χ3v) is 5.25. The number of aryl methyl sites for hydroxylation is 1. The summed E-state index contributed by atoms with van der Waals surface area (Å²) < 4.78 is 40.7. The normalized spacial score (nSPS) is 11.4. The van der Waals surface area contributed by atoms with Gasteiger partial charge < -0.3 is 0 Å². The molecule has 0 atom stereocenters. The second-order valence-corrected chi connectivity index (χ2v) is 8.00.